The number of nitrogens with one attached hydrogen (secondary N) is 6. The average molecular weight is 1170 g/mol. The highest BCUT2D eigenvalue weighted by molar-refractivity contribution is 6.01. The first-order valence-electron chi connectivity index (χ1n) is 30.5. The molecule has 9 rings (SSSR count). The number of para-hydroxylation sites is 3. The van der Waals surface area contributed by atoms with Gasteiger partial charge in [0.05, 0.1) is 36.0 Å². The number of aryl methyl sites for hydroxylation is 3. The van der Waals surface area contributed by atoms with Crippen LogP contribution in [0.1, 0.15) is 154 Å². The molecule has 3 aliphatic rings. The van der Waals surface area contributed by atoms with Crippen LogP contribution < -0.4 is 31.9 Å². The highest BCUT2D eigenvalue weighted by Gasteiger charge is 2.37. The van der Waals surface area contributed by atoms with Crippen LogP contribution in [0, 0.1) is 51.7 Å². The summed E-state index contributed by atoms with van der Waals surface area (Å²) in [5, 5.41) is 66.2. The molecule has 6 amide bonds. The Balaban J connectivity index is 0.000000185. The zero-order valence-corrected chi connectivity index (χ0v) is 50.0. The molecule has 3 aliphatic carbocycles. The van der Waals surface area contributed by atoms with Gasteiger partial charge in [0.1, 0.15) is 35.2 Å². The van der Waals surface area contributed by atoms with E-state index in [1.807, 2.05) is 133 Å². The third-order valence-electron chi connectivity index (χ3n) is 17.1. The van der Waals surface area contributed by atoms with E-state index in [9.17, 15) is 44.6 Å². The molecule has 20 heteroatoms. The molecule has 0 radical (unpaired) electrons. The number of aromatic nitrogens is 3. The summed E-state index contributed by atoms with van der Waals surface area (Å²) < 4.78 is 5.61. The van der Waals surface area contributed by atoms with Crippen LogP contribution in [0.5, 0.6) is 0 Å². The minimum atomic E-state index is -0.619. The first-order valence-corrected chi connectivity index (χ1v) is 30.5. The van der Waals surface area contributed by atoms with Crippen molar-refractivity contribution < 1.29 is 39.0 Å². The number of aliphatic hydroxyl groups is 2. The van der Waals surface area contributed by atoms with Crippen molar-refractivity contribution in [3.05, 3.63) is 108 Å². The third-order valence-corrected chi connectivity index (χ3v) is 17.1. The van der Waals surface area contributed by atoms with Crippen LogP contribution in [0.2, 0.25) is 0 Å². The molecule has 86 heavy (non-hydrogen) atoms. The molecule has 3 heterocycles. The van der Waals surface area contributed by atoms with Gasteiger partial charge in [-0.15, -0.1) is 0 Å². The second-order valence-electron chi connectivity index (χ2n) is 22.9. The van der Waals surface area contributed by atoms with Gasteiger partial charge >= 0.3 is 0 Å². The average Bonchev–Trinajstić information content (AvgIpc) is 2.15. The Kier molecular flexibility index (Phi) is 24.3. The maximum atomic E-state index is 12.9. The van der Waals surface area contributed by atoms with Gasteiger partial charge in [0, 0.05) is 85.2 Å². The maximum Gasteiger partial charge on any atom is 0.268 e. The van der Waals surface area contributed by atoms with Gasteiger partial charge < -0.3 is 55.8 Å². The monoisotopic (exact) mass is 1170 g/mol. The molecule has 0 spiro atoms. The number of hydrogen-bond acceptors (Lipinski definition) is 11. The summed E-state index contributed by atoms with van der Waals surface area (Å²) in [6.45, 7) is 1.96. The lowest BCUT2D eigenvalue weighted by Crippen LogP contribution is -2.50. The molecule has 9 atom stereocenters. The Labute approximate surface area is 503 Å². The van der Waals surface area contributed by atoms with Crippen molar-refractivity contribution in [1.29, 1.82) is 15.8 Å². The lowest BCUT2D eigenvalue weighted by atomic mass is 9.83. The number of benzene rings is 3. The third kappa shape index (κ3) is 16.7. The standard InChI is InChI=1S/2C22H28N4O3.C22H28N4O2/c2*1-26-19-11-5-2-7-15(19)13-20(26)22(29)25-18-10-4-3-9-17(18)21(28)24-16(14-23)8-6-12-27;1-3-8-16(14-23)24-21(27)17-10-5-6-11-18(17)25-22(28)20-13-15-9-4-7-12-19(15)26(20)2/h2*2,5,7,11,13,16-18,27H,3-4,6,8-10,12H2,1H3,(H,24,28)(H,25,29);4,7,9,12-13,16-18H,3,5-6,8,10-11H2,1-2H3,(H,24,27)(H,25,28)/t2*16?,17-,18+;16-,17+,18-/m110/s1. The lowest BCUT2D eigenvalue weighted by molar-refractivity contribution is -0.128. The summed E-state index contributed by atoms with van der Waals surface area (Å²) >= 11 is 0. The maximum absolute atomic E-state index is 12.9. The van der Waals surface area contributed by atoms with E-state index in [1.54, 1.807) is 0 Å². The van der Waals surface area contributed by atoms with Gasteiger partial charge in [-0.3, -0.25) is 28.8 Å². The highest BCUT2D eigenvalue weighted by Crippen LogP contribution is 2.30. The summed E-state index contributed by atoms with van der Waals surface area (Å²) in [4.78, 5) is 77.2. The van der Waals surface area contributed by atoms with E-state index >= 15 is 0 Å². The van der Waals surface area contributed by atoms with Gasteiger partial charge in [0.2, 0.25) is 17.7 Å². The number of carbonyl (C=O) groups is 6. The molecule has 3 aromatic heterocycles. The summed E-state index contributed by atoms with van der Waals surface area (Å²) in [5.41, 5.74) is 4.68. The first kappa shape index (κ1) is 65.0. The van der Waals surface area contributed by atoms with Gasteiger partial charge in [-0.2, -0.15) is 15.8 Å². The van der Waals surface area contributed by atoms with E-state index in [0.29, 0.717) is 62.0 Å². The number of aliphatic hydroxyl groups excluding tert-OH is 2. The quantitative estimate of drug-likeness (QED) is 0.0365. The van der Waals surface area contributed by atoms with Crippen LogP contribution in [0.15, 0.2) is 91.0 Å². The number of carbonyl (C=O) groups excluding carboxylic acids is 6. The lowest BCUT2D eigenvalue weighted by Gasteiger charge is -2.31. The summed E-state index contributed by atoms with van der Waals surface area (Å²) in [7, 11) is 5.60. The van der Waals surface area contributed by atoms with Crippen LogP contribution >= 0.6 is 0 Å². The Morgan fingerprint density at radius 2 is 0.744 bits per heavy atom. The number of nitriles is 3. The van der Waals surface area contributed by atoms with Crippen molar-refractivity contribution in [2.24, 2.45) is 38.9 Å². The van der Waals surface area contributed by atoms with Crippen molar-refractivity contribution in [3.8, 4) is 18.2 Å². The van der Waals surface area contributed by atoms with Crippen LogP contribution in [0.4, 0.5) is 0 Å². The summed E-state index contributed by atoms with van der Waals surface area (Å²) in [5.74, 6) is -2.06. The molecule has 20 nitrogen and oxygen atoms in total. The number of amides is 6. The first-order chi connectivity index (χ1) is 41.6. The Morgan fingerprint density at radius 1 is 0.465 bits per heavy atom. The Hall–Kier alpha value is -8.51. The predicted octanol–water partition coefficient (Wildman–Crippen LogP) is 7.77. The van der Waals surface area contributed by atoms with Crippen LogP contribution in [0.25, 0.3) is 32.7 Å². The van der Waals surface area contributed by atoms with E-state index in [0.717, 1.165) is 103 Å². The van der Waals surface area contributed by atoms with E-state index in [-0.39, 0.29) is 84.5 Å². The minimum absolute atomic E-state index is 0.0127. The smallest absolute Gasteiger partial charge is 0.268 e. The minimum Gasteiger partial charge on any atom is -0.396 e. The van der Waals surface area contributed by atoms with Gasteiger partial charge in [-0.05, 0) is 107 Å². The van der Waals surface area contributed by atoms with Crippen LogP contribution in [0.3, 0.4) is 0 Å². The predicted molar refractivity (Wildman–Crippen MR) is 329 cm³/mol. The molecule has 3 aromatic carbocycles. The molecule has 3 fully saturated rings. The van der Waals surface area contributed by atoms with E-state index < -0.39 is 18.1 Å². The molecular weight excluding hydrogens is 1090 g/mol. The second-order valence-corrected chi connectivity index (χ2v) is 22.9. The molecule has 8 N–H and O–H groups in total. The van der Waals surface area contributed by atoms with Crippen LogP contribution in [-0.2, 0) is 35.5 Å². The fraction of sp³-hybridized carbons (Fsp3) is 0.500. The highest BCUT2D eigenvalue weighted by atomic mass is 16.3. The fourth-order valence-corrected chi connectivity index (χ4v) is 12.3. The van der Waals surface area contributed by atoms with Crippen molar-refractivity contribution >= 4 is 68.2 Å². The Bertz CT molecular complexity index is 3280. The van der Waals surface area contributed by atoms with E-state index in [2.05, 4.69) is 50.1 Å². The zero-order valence-electron chi connectivity index (χ0n) is 50.0. The molecule has 3 saturated carbocycles. The molecule has 2 unspecified atom stereocenters. The molecule has 0 aliphatic heterocycles. The summed E-state index contributed by atoms with van der Waals surface area (Å²) in [6, 6.07) is 33.0. The zero-order chi connectivity index (χ0) is 61.7. The Morgan fingerprint density at radius 3 is 1.01 bits per heavy atom. The number of rotatable bonds is 20. The molecule has 0 bridgehead atoms. The van der Waals surface area contributed by atoms with Gasteiger partial charge in [-0.1, -0.05) is 106 Å². The van der Waals surface area contributed by atoms with Gasteiger partial charge in [0.25, 0.3) is 17.7 Å². The normalized spacial score (nSPS) is 20.1. The molecule has 456 valence electrons. The van der Waals surface area contributed by atoms with Crippen molar-refractivity contribution in [3.63, 3.8) is 0 Å². The number of fused-ring (bicyclic) bond motifs is 3. The van der Waals surface area contributed by atoms with Gasteiger partial charge in [-0.25, -0.2) is 0 Å². The fourth-order valence-electron chi connectivity index (χ4n) is 12.3. The molecule has 6 aromatic rings. The topological polar surface area (TPSA) is 301 Å². The van der Waals surface area contributed by atoms with Crippen molar-refractivity contribution in [2.75, 3.05) is 13.2 Å². The number of hydrogen-bond donors (Lipinski definition) is 8. The van der Waals surface area contributed by atoms with Crippen molar-refractivity contribution in [1.82, 2.24) is 45.6 Å². The van der Waals surface area contributed by atoms with E-state index in [4.69, 9.17) is 10.2 Å². The largest absolute Gasteiger partial charge is 0.396 e. The van der Waals surface area contributed by atoms with Crippen LogP contribution in [-0.4, -0.2) is 109 Å². The van der Waals surface area contributed by atoms with E-state index in [1.165, 1.54) is 0 Å². The van der Waals surface area contributed by atoms with Gasteiger partial charge in [0.15, 0.2) is 0 Å². The molecule has 0 saturated heterocycles. The molecular formula is C66H84N12O8. The SMILES string of the molecule is CCC[C@@H](C#N)NC(=O)[C@@H]1CCCC[C@@H]1NC(=O)c1cc2ccccc2n1C.Cn1c(C(=O)N[C@H]2CCCC[C@H]2C(=O)NC(C#N)CCCO)cc2ccccc21.Cn1c(C(=O)N[C@H]2CCCC[C@H]2C(=O)NC(C#N)CCCO)cc2ccccc21. The van der Waals surface area contributed by atoms with Crippen molar-refractivity contribution in [2.45, 2.75) is 159 Å². The second kappa shape index (κ2) is 32.1. The number of nitrogens with zero attached hydrogens (tertiary/aromatic N) is 6. The summed E-state index contributed by atoms with van der Waals surface area (Å²) in [6.07, 6.45) is 13.3.